The van der Waals surface area contributed by atoms with E-state index in [1.807, 2.05) is 30.3 Å². The van der Waals surface area contributed by atoms with Crippen molar-refractivity contribution in [3.05, 3.63) is 81.8 Å². The SMILES string of the molecule is NC(=O)[C@H](Cc1ccc(Cl)cc1Cl)NC(=O)c1cccc2ccccc12. The zero-order valence-corrected chi connectivity index (χ0v) is 15.2. The van der Waals surface area contributed by atoms with Gasteiger partial charge in [-0.3, -0.25) is 9.59 Å². The zero-order chi connectivity index (χ0) is 18.7. The smallest absolute Gasteiger partial charge is 0.252 e. The van der Waals surface area contributed by atoms with E-state index in [1.165, 1.54) is 0 Å². The van der Waals surface area contributed by atoms with Crippen molar-refractivity contribution in [3.8, 4) is 0 Å². The zero-order valence-electron chi connectivity index (χ0n) is 13.7. The van der Waals surface area contributed by atoms with Crippen LogP contribution in [0.25, 0.3) is 10.8 Å². The third-order valence-electron chi connectivity index (χ3n) is 4.12. The lowest BCUT2D eigenvalue weighted by molar-refractivity contribution is -0.119. The first-order valence-corrected chi connectivity index (χ1v) is 8.73. The maximum absolute atomic E-state index is 12.7. The molecule has 0 saturated heterocycles. The molecule has 3 aromatic rings. The first kappa shape index (κ1) is 18.2. The van der Waals surface area contributed by atoms with E-state index in [0.717, 1.165) is 10.8 Å². The summed E-state index contributed by atoms with van der Waals surface area (Å²) in [7, 11) is 0. The molecule has 0 saturated carbocycles. The number of nitrogens with one attached hydrogen (secondary N) is 1. The van der Waals surface area contributed by atoms with Gasteiger partial charge in [0.25, 0.3) is 5.91 Å². The number of rotatable bonds is 5. The van der Waals surface area contributed by atoms with Gasteiger partial charge in [-0.25, -0.2) is 0 Å². The van der Waals surface area contributed by atoms with E-state index in [2.05, 4.69) is 5.32 Å². The van der Waals surface area contributed by atoms with Crippen molar-refractivity contribution < 1.29 is 9.59 Å². The standard InChI is InChI=1S/C20H16Cl2N2O2/c21-14-9-8-13(17(22)11-14)10-18(19(23)25)24-20(26)16-7-3-5-12-4-1-2-6-15(12)16/h1-9,11,18H,10H2,(H2,23,25)(H,24,26)/t18-/m0/s1. The first-order valence-electron chi connectivity index (χ1n) is 7.97. The summed E-state index contributed by atoms with van der Waals surface area (Å²) in [5.74, 6) is -1.000. The van der Waals surface area contributed by atoms with Crippen LogP contribution in [0.2, 0.25) is 10.0 Å². The molecule has 4 nitrogen and oxygen atoms in total. The predicted octanol–water partition coefficient (Wildman–Crippen LogP) is 3.97. The van der Waals surface area contributed by atoms with E-state index in [9.17, 15) is 9.59 Å². The topological polar surface area (TPSA) is 72.2 Å². The van der Waals surface area contributed by atoms with Crippen molar-refractivity contribution in [2.75, 3.05) is 0 Å². The number of carbonyl (C=O) groups is 2. The van der Waals surface area contributed by atoms with Crippen molar-refractivity contribution in [1.29, 1.82) is 0 Å². The second-order valence-corrected chi connectivity index (χ2v) is 6.74. The molecule has 3 aromatic carbocycles. The van der Waals surface area contributed by atoms with Gasteiger partial charge in [-0.15, -0.1) is 0 Å². The van der Waals surface area contributed by atoms with E-state index in [1.54, 1.807) is 30.3 Å². The van der Waals surface area contributed by atoms with E-state index < -0.39 is 11.9 Å². The molecule has 0 bridgehead atoms. The van der Waals surface area contributed by atoms with E-state index in [-0.39, 0.29) is 12.3 Å². The molecular weight excluding hydrogens is 371 g/mol. The molecule has 0 heterocycles. The van der Waals surface area contributed by atoms with E-state index in [4.69, 9.17) is 28.9 Å². The minimum absolute atomic E-state index is 0.182. The van der Waals surface area contributed by atoms with Gasteiger partial charge in [0.15, 0.2) is 0 Å². The Morgan fingerprint density at radius 2 is 1.73 bits per heavy atom. The van der Waals surface area contributed by atoms with Gasteiger partial charge in [-0.05, 0) is 34.5 Å². The lowest BCUT2D eigenvalue weighted by Gasteiger charge is -2.17. The maximum atomic E-state index is 12.7. The Morgan fingerprint density at radius 3 is 2.46 bits per heavy atom. The number of nitrogens with two attached hydrogens (primary N) is 1. The molecule has 6 heteroatoms. The molecule has 0 aliphatic rings. The van der Waals surface area contributed by atoms with E-state index >= 15 is 0 Å². The van der Waals surface area contributed by atoms with Crippen molar-refractivity contribution in [3.63, 3.8) is 0 Å². The average molecular weight is 387 g/mol. The Balaban J connectivity index is 1.85. The quantitative estimate of drug-likeness (QED) is 0.695. The van der Waals surface area contributed by atoms with Gasteiger partial charge in [0.2, 0.25) is 5.91 Å². The summed E-state index contributed by atoms with van der Waals surface area (Å²) >= 11 is 12.1. The van der Waals surface area contributed by atoms with Crippen LogP contribution in [-0.2, 0) is 11.2 Å². The summed E-state index contributed by atoms with van der Waals surface area (Å²) in [6.45, 7) is 0. The van der Waals surface area contributed by atoms with Gasteiger partial charge >= 0.3 is 0 Å². The molecule has 0 spiro atoms. The molecular formula is C20H16Cl2N2O2. The summed E-state index contributed by atoms with van der Waals surface area (Å²) in [4.78, 5) is 24.6. The van der Waals surface area contributed by atoms with Gasteiger partial charge < -0.3 is 11.1 Å². The predicted molar refractivity (Wildman–Crippen MR) is 105 cm³/mol. The second kappa shape index (κ2) is 7.77. The minimum atomic E-state index is -0.889. The molecule has 2 amide bonds. The number of carbonyl (C=O) groups excluding carboxylic acids is 2. The number of benzene rings is 3. The Hall–Kier alpha value is -2.56. The number of primary amides is 1. The number of fused-ring (bicyclic) bond motifs is 1. The third kappa shape index (κ3) is 3.98. The summed E-state index contributed by atoms with van der Waals surface area (Å²) in [5, 5.41) is 5.37. The van der Waals surface area contributed by atoms with Gasteiger partial charge in [-0.1, -0.05) is 65.7 Å². The summed E-state index contributed by atoms with van der Waals surface area (Å²) in [6.07, 6.45) is 0.182. The average Bonchev–Trinajstić information content (AvgIpc) is 2.62. The number of amides is 2. The van der Waals surface area contributed by atoms with Crippen molar-refractivity contribution in [1.82, 2.24) is 5.32 Å². The fourth-order valence-corrected chi connectivity index (χ4v) is 3.27. The van der Waals surface area contributed by atoms with Crippen LogP contribution in [-0.4, -0.2) is 17.9 Å². The summed E-state index contributed by atoms with van der Waals surface area (Å²) in [5.41, 5.74) is 6.64. The van der Waals surface area contributed by atoms with Crippen LogP contribution in [0.3, 0.4) is 0 Å². The normalized spacial score (nSPS) is 11.9. The highest BCUT2D eigenvalue weighted by molar-refractivity contribution is 6.35. The first-order chi connectivity index (χ1) is 12.5. The van der Waals surface area contributed by atoms with Crippen molar-refractivity contribution >= 4 is 45.8 Å². The van der Waals surface area contributed by atoms with Gasteiger partial charge in [-0.2, -0.15) is 0 Å². The fourth-order valence-electron chi connectivity index (χ4n) is 2.79. The molecule has 132 valence electrons. The van der Waals surface area contributed by atoms with Crippen LogP contribution < -0.4 is 11.1 Å². The van der Waals surface area contributed by atoms with Crippen LogP contribution in [0.4, 0.5) is 0 Å². The molecule has 1 atom stereocenters. The van der Waals surface area contributed by atoms with Gasteiger partial charge in [0, 0.05) is 22.0 Å². The van der Waals surface area contributed by atoms with Crippen molar-refractivity contribution in [2.24, 2.45) is 5.73 Å². The van der Waals surface area contributed by atoms with Crippen LogP contribution in [0, 0.1) is 0 Å². The molecule has 3 N–H and O–H groups in total. The molecule has 0 aliphatic carbocycles. The Labute approximate surface area is 160 Å². The monoisotopic (exact) mass is 386 g/mol. The summed E-state index contributed by atoms with van der Waals surface area (Å²) in [6, 6.07) is 17.1. The van der Waals surface area contributed by atoms with Gasteiger partial charge in [0.05, 0.1) is 0 Å². The van der Waals surface area contributed by atoms with Crippen LogP contribution >= 0.6 is 23.2 Å². The maximum Gasteiger partial charge on any atom is 0.252 e. The number of hydrogen-bond donors (Lipinski definition) is 2. The number of halogens is 2. The highest BCUT2D eigenvalue weighted by Gasteiger charge is 2.21. The van der Waals surface area contributed by atoms with Gasteiger partial charge in [0.1, 0.15) is 6.04 Å². The highest BCUT2D eigenvalue weighted by atomic mass is 35.5. The summed E-state index contributed by atoms with van der Waals surface area (Å²) < 4.78 is 0. The van der Waals surface area contributed by atoms with Crippen molar-refractivity contribution in [2.45, 2.75) is 12.5 Å². The van der Waals surface area contributed by atoms with Crippen LogP contribution in [0.5, 0.6) is 0 Å². The van der Waals surface area contributed by atoms with E-state index in [0.29, 0.717) is 21.2 Å². The Kier molecular flexibility index (Phi) is 5.45. The molecule has 0 radical (unpaired) electrons. The largest absolute Gasteiger partial charge is 0.368 e. The Bertz CT molecular complexity index is 983. The van der Waals surface area contributed by atoms with Crippen LogP contribution in [0.1, 0.15) is 15.9 Å². The Morgan fingerprint density at radius 1 is 1.00 bits per heavy atom. The molecule has 3 rings (SSSR count). The molecule has 26 heavy (non-hydrogen) atoms. The molecule has 0 fully saturated rings. The lowest BCUT2D eigenvalue weighted by atomic mass is 10.0. The third-order valence-corrected chi connectivity index (χ3v) is 4.71. The fraction of sp³-hybridized carbons (Fsp3) is 0.100. The molecule has 0 aliphatic heterocycles. The molecule has 0 unspecified atom stereocenters. The minimum Gasteiger partial charge on any atom is -0.368 e. The van der Waals surface area contributed by atoms with Crippen LogP contribution in [0.15, 0.2) is 60.7 Å². The number of hydrogen-bond acceptors (Lipinski definition) is 2. The second-order valence-electron chi connectivity index (χ2n) is 5.89. The highest BCUT2D eigenvalue weighted by Crippen LogP contribution is 2.23. The molecule has 0 aromatic heterocycles. The lowest BCUT2D eigenvalue weighted by Crippen LogP contribution is -2.45.